The monoisotopic (exact) mass is 408 g/mol. The third-order valence-corrected chi connectivity index (χ3v) is 5.34. The molecule has 3 aromatic rings. The van der Waals surface area contributed by atoms with E-state index in [-0.39, 0.29) is 17.3 Å². The molecule has 1 atom stereocenters. The van der Waals surface area contributed by atoms with Gasteiger partial charge in [0.2, 0.25) is 5.91 Å². The first kappa shape index (κ1) is 20.4. The normalized spacial score (nSPS) is 11.5. The number of nitrogens with zero attached hydrogens (tertiary/aromatic N) is 1. The fourth-order valence-electron chi connectivity index (χ4n) is 2.76. The number of hydrogen-bond donors (Lipinski definition) is 1. The Morgan fingerprint density at radius 2 is 1.72 bits per heavy atom. The molecule has 3 aromatic carbocycles. The largest absolute Gasteiger partial charge is 0.494 e. The summed E-state index contributed by atoms with van der Waals surface area (Å²) in [4.78, 5) is 25.0. The van der Waals surface area contributed by atoms with Crippen LogP contribution in [0, 0.1) is 10.1 Å². The van der Waals surface area contributed by atoms with Gasteiger partial charge >= 0.3 is 0 Å². The molecular weight excluding hydrogens is 388 g/mol. The number of carbonyl (C=O) groups excluding carboxylic acids is 1. The van der Waals surface area contributed by atoms with Crippen molar-refractivity contribution in [2.75, 3.05) is 11.9 Å². The molecule has 0 spiro atoms. The molecule has 0 fully saturated rings. The number of benzene rings is 3. The molecule has 1 amide bonds. The zero-order valence-electron chi connectivity index (χ0n) is 15.8. The van der Waals surface area contributed by atoms with Crippen LogP contribution in [0.25, 0.3) is 0 Å². The first-order valence-electron chi connectivity index (χ1n) is 9.07. The van der Waals surface area contributed by atoms with Gasteiger partial charge in [0.1, 0.15) is 16.7 Å². The van der Waals surface area contributed by atoms with Gasteiger partial charge < -0.3 is 10.1 Å². The third-order valence-electron chi connectivity index (χ3n) is 4.07. The molecule has 0 saturated heterocycles. The Labute approximate surface area is 173 Å². The van der Waals surface area contributed by atoms with Gasteiger partial charge in [-0.3, -0.25) is 14.9 Å². The van der Waals surface area contributed by atoms with E-state index >= 15 is 0 Å². The molecule has 0 aliphatic heterocycles. The summed E-state index contributed by atoms with van der Waals surface area (Å²) in [5.74, 6) is 0.0489. The number of ether oxygens (including phenoxy) is 1. The Bertz CT molecular complexity index is 981. The highest BCUT2D eigenvalue weighted by atomic mass is 32.2. The number of carbonyl (C=O) groups is 1. The molecule has 29 heavy (non-hydrogen) atoms. The fourth-order valence-corrected chi connectivity index (χ4v) is 3.80. The summed E-state index contributed by atoms with van der Waals surface area (Å²) in [6.07, 6.45) is 0. The smallest absolute Gasteiger partial charge is 0.296 e. The lowest BCUT2D eigenvalue weighted by Crippen LogP contribution is -2.19. The van der Waals surface area contributed by atoms with Gasteiger partial charge in [0.15, 0.2) is 0 Å². The highest BCUT2D eigenvalue weighted by molar-refractivity contribution is 8.00. The fraction of sp³-hybridized carbons (Fsp3) is 0.136. The number of rotatable bonds is 8. The van der Waals surface area contributed by atoms with Gasteiger partial charge in [-0.25, -0.2) is 0 Å². The predicted molar refractivity (Wildman–Crippen MR) is 114 cm³/mol. The lowest BCUT2D eigenvalue weighted by Gasteiger charge is -2.17. The minimum absolute atomic E-state index is 0.137. The van der Waals surface area contributed by atoms with E-state index in [2.05, 4.69) is 5.32 Å². The topological polar surface area (TPSA) is 81.5 Å². The van der Waals surface area contributed by atoms with Crippen molar-refractivity contribution in [1.82, 2.24) is 0 Å². The van der Waals surface area contributed by atoms with Crippen molar-refractivity contribution < 1.29 is 14.5 Å². The molecule has 1 N–H and O–H groups in total. The van der Waals surface area contributed by atoms with Crippen molar-refractivity contribution >= 4 is 29.0 Å². The summed E-state index contributed by atoms with van der Waals surface area (Å²) in [5.41, 5.74) is 0.742. The Balaban J connectivity index is 1.89. The van der Waals surface area contributed by atoms with Crippen molar-refractivity contribution in [2.45, 2.75) is 17.1 Å². The van der Waals surface area contributed by atoms with Crippen molar-refractivity contribution in [1.29, 1.82) is 0 Å². The molecule has 0 saturated carbocycles. The zero-order chi connectivity index (χ0) is 20.6. The van der Waals surface area contributed by atoms with E-state index in [1.807, 2.05) is 60.7 Å². The Morgan fingerprint density at radius 3 is 2.34 bits per heavy atom. The summed E-state index contributed by atoms with van der Waals surface area (Å²) < 4.78 is 5.33. The molecule has 0 aliphatic rings. The lowest BCUT2D eigenvalue weighted by molar-refractivity contribution is -0.384. The van der Waals surface area contributed by atoms with Crippen LogP contribution in [0.2, 0.25) is 0 Å². The number of nitrogens with one attached hydrogen (secondary N) is 1. The summed E-state index contributed by atoms with van der Waals surface area (Å²) in [6, 6.07) is 23.3. The molecule has 0 unspecified atom stereocenters. The van der Waals surface area contributed by atoms with Gasteiger partial charge in [-0.05, 0) is 36.8 Å². The molecule has 0 aromatic heterocycles. The standard InChI is InChI=1S/C22H20N2O4S/c1-2-28-17-13-14-19(20(15-17)24(26)27)23-22(25)21(16-9-5-3-6-10-16)29-18-11-7-4-8-12-18/h3-15,21H,2H2,1H3,(H,23,25)/t21-/m1/s1. The van der Waals surface area contributed by atoms with Crippen LogP contribution in [0.1, 0.15) is 17.7 Å². The van der Waals surface area contributed by atoms with Crippen LogP contribution in [0.4, 0.5) is 11.4 Å². The van der Waals surface area contributed by atoms with Gasteiger partial charge in [0.25, 0.3) is 5.69 Å². The van der Waals surface area contributed by atoms with Crippen molar-refractivity contribution in [3.8, 4) is 5.75 Å². The Kier molecular flexibility index (Phi) is 6.86. The summed E-state index contributed by atoms with van der Waals surface area (Å²) >= 11 is 1.39. The van der Waals surface area contributed by atoms with Crippen LogP contribution >= 0.6 is 11.8 Å². The third kappa shape index (κ3) is 5.36. The highest BCUT2D eigenvalue weighted by Gasteiger charge is 2.25. The molecule has 0 radical (unpaired) electrons. The average molecular weight is 408 g/mol. The second kappa shape index (κ2) is 9.75. The number of nitro benzene ring substituents is 1. The van der Waals surface area contributed by atoms with Gasteiger partial charge in [-0.15, -0.1) is 11.8 Å². The van der Waals surface area contributed by atoms with Crippen molar-refractivity contribution in [3.05, 3.63) is 94.5 Å². The van der Waals surface area contributed by atoms with E-state index in [0.717, 1.165) is 10.5 Å². The molecule has 3 rings (SSSR count). The SMILES string of the molecule is CCOc1ccc(NC(=O)[C@H](Sc2ccccc2)c2ccccc2)c([N+](=O)[O-])c1. The molecule has 0 aliphatic carbocycles. The molecule has 148 valence electrons. The Morgan fingerprint density at radius 1 is 1.07 bits per heavy atom. The van der Waals surface area contributed by atoms with E-state index in [9.17, 15) is 14.9 Å². The van der Waals surface area contributed by atoms with Gasteiger partial charge in [-0.2, -0.15) is 0 Å². The molecular formula is C22H20N2O4S. The Hall–Kier alpha value is -3.32. The predicted octanol–water partition coefficient (Wildman–Crippen LogP) is 5.47. The number of anilines is 1. The van der Waals surface area contributed by atoms with Crippen LogP contribution in [0.15, 0.2) is 83.8 Å². The minimum atomic E-state index is -0.565. The first-order chi connectivity index (χ1) is 14.1. The maximum Gasteiger partial charge on any atom is 0.296 e. The molecule has 0 bridgehead atoms. The lowest BCUT2D eigenvalue weighted by atomic mass is 10.1. The maximum atomic E-state index is 13.1. The van der Waals surface area contributed by atoms with Crippen LogP contribution in [-0.4, -0.2) is 17.4 Å². The molecule has 7 heteroatoms. The van der Waals surface area contributed by atoms with Gasteiger partial charge in [0, 0.05) is 4.90 Å². The van der Waals surface area contributed by atoms with Crippen LogP contribution in [0.3, 0.4) is 0 Å². The number of amides is 1. The van der Waals surface area contributed by atoms with Crippen LogP contribution < -0.4 is 10.1 Å². The van der Waals surface area contributed by atoms with Crippen molar-refractivity contribution in [3.63, 3.8) is 0 Å². The quantitative estimate of drug-likeness (QED) is 0.304. The van der Waals surface area contributed by atoms with E-state index in [4.69, 9.17) is 4.74 Å². The zero-order valence-corrected chi connectivity index (χ0v) is 16.6. The van der Waals surface area contributed by atoms with E-state index < -0.39 is 10.2 Å². The molecule has 6 nitrogen and oxygen atoms in total. The van der Waals surface area contributed by atoms with Gasteiger partial charge in [-0.1, -0.05) is 48.5 Å². The average Bonchev–Trinajstić information content (AvgIpc) is 2.74. The minimum Gasteiger partial charge on any atom is -0.494 e. The van der Waals surface area contributed by atoms with Crippen LogP contribution in [-0.2, 0) is 4.79 Å². The highest BCUT2D eigenvalue weighted by Crippen LogP contribution is 2.37. The van der Waals surface area contributed by atoms with E-state index in [1.165, 1.54) is 23.9 Å². The van der Waals surface area contributed by atoms with E-state index in [1.54, 1.807) is 13.0 Å². The van der Waals surface area contributed by atoms with Crippen molar-refractivity contribution in [2.24, 2.45) is 0 Å². The number of thioether (sulfide) groups is 1. The van der Waals surface area contributed by atoms with Crippen LogP contribution in [0.5, 0.6) is 5.75 Å². The second-order valence-corrected chi connectivity index (χ2v) is 7.26. The number of hydrogen-bond acceptors (Lipinski definition) is 5. The number of nitro groups is 1. The van der Waals surface area contributed by atoms with Gasteiger partial charge in [0.05, 0.1) is 17.6 Å². The first-order valence-corrected chi connectivity index (χ1v) is 9.95. The maximum absolute atomic E-state index is 13.1. The molecule has 0 heterocycles. The summed E-state index contributed by atoms with van der Waals surface area (Å²) in [7, 11) is 0. The van der Waals surface area contributed by atoms with E-state index in [0.29, 0.717) is 12.4 Å². The summed E-state index contributed by atoms with van der Waals surface area (Å²) in [5, 5.41) is 13.6. The summed E-state index contributed by atoms with van der Waals surface area (Å²) in [6.45, 7) is 2.19. The second-order valence-electron chi connectivity index (χ2n) is 6.08.